The molecule has 4 rings (SSSR count). The highest BCUT2D eigenvalue weighted by molar-refractivity contribution is 6.02. The minimum absolute atomic E-state index is 0.0199. The molecule has 0 atom stereocenters. The van der Waals surface area contributed by atoms with E-state index in [0.29, 0.717) is 17.7 Å². The molecule has 0 unspecified atom stereocenters. The lowest BCUT2D eigenvalue weighted by molar-refractivity contribution is 0.0989. The number of anilines is 2. The van der Waals surface area contributed by atoms with Gasteiger partial charge in [0.2, 0.25) is 5.91 Å². The van der Waals surface area contributed by atoms with E-state index >= 15 is 0 Å². The quantitative estimate of drug-likeness (QED) is 0.494. The molecular formula is C25H26FN5O4. The summed E-state index contributed by atoms with van der Waals surface area (Å²) in [5, 5.41) is 0. The molecule has 10 heteroatoms. The highest BCUT2D eigenvalue weighted by Gasteiger charge is 2.26. The number of benzene rings is 2. The van der Waals surface area contributed by atoms with Gasteiger partial charge in [0.25, 0.3) is 5.56 Å². The summed E-state index contributed by atoms with van der Waals surface area (Å²) in [4.78, 5) is 52.8. The number of nitrogen functional groups attached to an aromatic ring is 1. The van der Waals surface area contributed by atoms with E-state index in [0.717, 1.165) is 33.2 Å². The zero-order valence-corrected chi connectivity index (χ0v) is 19.3. The number of halogens is 1. The number of hydrogen-bond donors (Lipinski definition) is 2. The second-order valence-corrected chi connectivity index (χ2v) is 8.46. The summed E-state index contributed by atoms with van der Waals surface area (Å²) < 4.78 is 15.4. The molecule has 0 radical (unpaired) electrons. The second-order valence-electron chi connectivity index (χ2n) is 8.46. The third kappa shape index (κ3) is 4.59. The number of primary amides is 1. The van der Waals surface area contributed by atoms with Crippen LogP contribution in [0.25, 0.3) is 0 Å². The molecule has 3 aromatic rings. The fraction of sp³-hybridized carbons (Fsp3) is 0.280. The van der Waals surface area contributed by atoms with Crippen LogP contribution in [0.4, 0.5) is 15.9 Å². The molecule has 0 bridgehead atoms. The van der Waals surface area contributed by atoms with Crippen LogP contribution >= 0.6 is 0 Å². The fourth-order valence-electron chi connectivity index (χ4n) is 4.43. The molecule has 4 N–H and O–H groups in total. The number of nitrogens with two attached hydrogens (primary N) is 2. The smallest absolute Gasteiger partial charge is 0.332 e. The Bertz CT molecular complexity index is 1430. The molecule has 2 aromatic carbocycles. The molecule has 0 fully saturated rings. The number of aromatic nitrogens is 2. The van der Waals surface area contributed by atoms with Crippen LogP contribution in [-0.4, -0.2) is 33.9 Å². The summed E-state index contributed by atoms with van der Waals surface area (Å²) in [6.45, 7) is 2.12. The summed E-state index contributed by atoms with van der Waals surface area (Å²) in [6.07, 6.45) is 1.48. The first kappa shape index (κ1) is 23.9. The van der Waals surface area contributed by atoms with Gasteiger partial charge in [-0.1, -0.05) is 12.1 Å². The molecule has 2 heterocycles. The number of ketones is 1. The number of carbonyl (C=O) groups is 2. The van der Waals surface area contributed by atoms with Crippen LogP contribution in [0, 0.1) is 5.82 Å². The Morgan fingerprint density at radius 2 is 1.77 bits per heavy atom. The number of fused-ring (bicyclic) bond motifs is 1. The average Bonchev–Trinajstić information content (AvgIpc) is 2.83. The van der Waals surface area contributed by atoms with E-state index < -0.39 is 28.8 Å². The molecule has 0 saturated heterocycles. The minimum atomic E-state index is -0.739. The van der Waals surface area contributed by atoms with Crippen molar-refractivity contribution in [2.24, 2.45) is 5.73 Å². The SMILES string of the molecule is CCn1c(=O)c(C(=O)CN2CCCc3cc(C(N)=O)ccc32)c(N)n(Cc2ccc(F)cc2)c1=O. The van der Waals surface area contributed by atoms with Crippen LogP contribution in [0.1, 0.15) is 45.2 Å². The molecule has 1 aliphatic heterocycles. The molecule has 1 aliphatic rings. The third-order valence-corrected chi connectivity index (χ3v) is 6.23. The monoisotopic (exact) mass is 479 g/mol. The Morgan fingerprint density at radius 3 is 2.43 bits per heavy atom. The molecule has 0 saturated carbocycles. The van der Waals surface area contributed by atoms with Crippen molar-refractivity contribution in [2.75, 3.05) is 23.7 Å². The first-order valence-corrected chi connectivity index (χ1v) is 11.3. The van der Waals surface area contributed by atoms with Crippen molar-refractivity contribution in [1.29, 1.82) is 0 Å². The van der Waals surface area contributed by atoms with Crippen molar-refractivity contribution in [3.63, 3.8) is 0 Å². The van der Waals surface area contributed by atoms with Crippen LogP contribution in [0.5, 0.6) is 0 Å². The van der Waals surface area contributed by atoms with E-state index in [1.165, 1.54) is 24.3 Å². The molecule has 35 heavy (non-hydrogen) atoms. The first-order valence-electron chi connectivity index (χ1n) is 11.3. The maximum atomic E-state index is 13.4. The third-order valence-electron chi connectivity index (χ3n) is 6.23. The van der Waals surface area contributed by atoms with E-state index in [1.807, 2.05) is 4.90 Å². The zero-order valence-electron chi connectivity index (χ0n) is 19.3. The lowest BCUT2D eigenvalue weighted by atomic mass is 9.98. The van der Waals surface area contributed by atoms with Crippen molar-refractivity contribution < 1.29 is 14.0 Å². The van der Waals surface area contributed by atoms with Crippen molar-refractivity contribution >= 4 is 23.2 Å². The van der Waals surface area contributed by atoms with Crippen LogP contribution in [-0.2, 0) is 19.5 Å². The summed E-state index contributed by atoms with van der Waals surface area (Å²) >= 11 is 0. The molecule has 0 spiro atoms. The van der Waals surface area contributed by atoms with Crippen molar-refractivity contribution in [1.82, 2.24) is 9.13 Å². The van der Waals surface area contributed by atoms with Gasteiger partial charge in [0.05, 0.1) is 13.1 Å². The second kappa shape index (κ2) is 9.57. The van der Waals surface area contributed by atoms with E-state index in [-0.39, 0.29) is 31.0 Å². The molecule has 1 amide bonds. The number of rotatable bonds is 7. The molecule has 182 valence electrons. The van der Waals surface area contributed by atoms with Gasteiger partial charge in [0, 0.05) is 24.3 Å². The summed E-state index contributed by atoms with van der Waals surface area (Å²) in [5.41, 5.74) is 12.6. The number of hydrogen-bond acceptors (Lipinski definition) is 6. The minimum Gasteiger partial charge on any atom is -0.384 e. The lowest BCUT2D eigenvalue weighted by Crippen LogP contribution is -2.45. The first-order chi connectivity index (χ1) is 16.7. The van der Waals surface area contributed by atoms with Crippen LogP contribution in [0.3, 0.4) is 0 Å². The normalized spacial score (nSPS) is 12.9. The van der Waals surface area contributed by atoms with Gasteiger partial charge in [-0.2, -0.15) is 0 Å². The zero-order chi connectivity index (χ0) is 25.3. The lowest BCUT2D eigenvalue weighted by Gasteiger charge is -2.31. The highest BCUT2D eigenvalue weighted by atomic mass is 19.1. The average molecular weight is 480 g/mol. The number of nitrogens with zero attached hydrogens (tertiary/aromatic N) is 3. The van der Waals surface area contributed by atoms with Gasteiger partial charge in [-0.05, 0) is 61.2 Å². The largest absolute Gasteiger partial charge is 0.384 e. The van der Waals surface area contributed by atoms with Crippen LogP contribution < -0.4 is 27.6 Å². The van der Waals surface area contributed by atoms with E-state index in [9.17, 15) is 23.6 Å². The van der Waals surface area contributed by atoms with Gasteiger partial charge in [-0.25, -0.2) is 9.18 Å². The predicted octanol–water partition coefficient (Wildman–Crippen LogP) is 1.53. The summed E-state index contributed by atoms with van der Waals surface area (Å²) in [7, 11) is 0. The summed E-state index contributed by atoms with van der Waals surface area (Å²) in [5.74, 6) is -1.69. The number of aryl methyl sites for hydroxylation is 1. The Hall–Kier alpha value is -4.21. The van der Waals surface area contributed by atoms with Crippen LogP contribution in [0.2, 0.25) is 0 Å². The van der Waals surface area contributed by atoms with E-state index in [2.05, 4.69) is 0 Å². The topological polar surface area (TPSA) is 133 Å². The highest BCUT2D eigenvalue weighted by Crippen LogP contribution is 2.28. The molecular weight excluding hydrogens is 453 g/mol. The van der Waals surface area contributed by atoms with E-state index in [4.69, 9.17) is 11.5 Å². The van der Waals surface area contributed by atoms with E-state index in [1.54, 1.807) is 25.1 Å². The maximum Gasteiger partial charge on any atom is 0.332 e. The van der Waals surface area contributed by atoms with Gasteiger partial charge in [-0.3, -0.25) is 23.5 Å². The van der Waals surface area contributed by atoms with Crippen LogP contribution in [0.15, 0.2) is 52.1 Å². The Labute approximate surface area is 200 Å². The van der Waals surface area contributed by atoms with Gasteiger partial charge < -0.3 is 16.4 Å². The molecule has 1 aromatic heterocycles. The van der Waals surface area contributed by atoms with Crippen molar-refractivity contribution in [3.05, 3.63) is 91.4 Å². The number of amides is 1. The Balaban J connectivity index is 1.71. The number of carbonyl (C=O) groups excluding carboxylic acids is 2. The standard InChI is InChI=1S/C25H26FN5O4/c1-2-30-24(34)21(22(27)31(25(30)35)13-15-5-8-18(26)9-6-15)20(32)14-29-11-3-4-16-12-17(23(28)33)7-10-19(16)29/h5-10,12H,2-4,11,13-14,27H2,1H3,(H2,28,33). The Morgan fingerprint density at radius 1 is 1.06 bits per heavy atom. The predicted molar refractivity (Wildman–Crippen MR) is 130 cm³/mol. The fourth-order valence-corrected chi connectivity index (χ4v) is 4.43. The number of Topliss-reactive ketones (excluding diaryl/α,β-unsaturated/α-hetero) is 1. The van der Waals surface area contributed by atoms with Gasteiger partial charge in [0.15, 0.2) is 5.78 Å². The Kier molecular flexibility index (Phi) is 6.54. The van der Waals surface area contributed by atoms with Gasteiger partial charge in [0.1, 0.15) is 17.2 Å². The molecule has 0 aliphatic carbocycles. The van der Waals surface area contributed by atoms with Gasteiger partial charge >= 0.3 is 5.69 Å². The summed E-state index contributed by atoms with van der Waals surface area (Å²) in [6, 6.07) is 10.6. The molecule has 9 nitrogen and oxygen atoms in total. The van der Waals surface area contributed by atoms with Crippen molar-refractivity contribution in [2.45, 2.75) is 32.9 Å². The maximum absolute atomic E-state index is 13.4. The van der Waals surface area contributed by atoms with Gasteiger partial charge in [-0.15, -0.1) is 0 Å². The van der Waals surface area contributed by atoms with Crippen molar-refractivity contribution in [3.8, 4) is 0 Å².